The second-order valence-corrected chi connectivity index (χ2v) is 7.46. The zero-order chi connectivity index (χ0) is 20.1. The van der Waals surface area contributed by atoms with Crippen LogP contribution in [-0.4, -0.2) is 18.4 Å². The number of ether oxygens (including phenoxy) is 1. The maximum absolute atomic E-state index is 12.1. The summed E-state index contributed by atoms with van der Waals surface area (Å²) in [7, 11) is 0. The molecule has 0 bridgehead atoms. The normalized spacial score (nSPS) is 10.7. The summed E-state index contributed by atoms with van der Waals surface area (Å²) in [6, 6.07) is 18.9. The number of amides is 2. The van der Waals surface area contributed by atoms with Crippen LogP contribution in [0.5, 0.6) is 5.75 Å². The molecule has 0 heterocycles. The van der Waals surface area contributed by atoms with Gasteiger partial charge in [-0.15, -0.1) is 0 Å². The number of carbonyl (C=O) groups excluding carboxylic acids is 2. The third kappa shape index (κ3) is 4.70. The van der Waals surface area contributed by atoms with Crippen LogP contribution in [0.25, 0.3) is 10.8 Å². The highest BCUT2D eigenvalue weighted by molar-refractivity contribution is 9.10. The maximum Gasteiger partial charge on any atom is 0.276 e. The van der Waals surface area contributed by atoms with Gasteiger partial charge in [0.15, 0.2) is 6.61 Å². The Bertz CT molecular complexity index is 1000. The van der Waals surface area contributed by atoms with Crippen molar-refractivity contribution in [2.45, 2.75) is 19.8 Å². The van der Waals surface area contributed by atoms with Crippen LogP contribution >= 0.6 is 15.9 Å². The van der Waals surface area contributed by atoms with Crippen molar-refractivity contribution < 1.29 is 14.3 Å². The van der Waals surface area contributed by atoms with Crippen LogP contribution in [0, 0.1) is 0 Å². The van der Waals surface area contributed by atoms with Crippen LogP contribution < -0.4 is 15.6 Å². The Hall–Kier alpha value is -2.86. The molecule has 0 unspecified atom stereocenters. The number of rotatable bonds is 5. The molecule has 0 radical (unpaired) electrons. The van der Waals surface area contributed by atoms with Crippen molar-refractivity contribution in [1.82, 2.24) is 10.9 Å². The average Bonchev–Trinajstić information content (AvgIpc) is 2.71. The molecule has 144 valence electrons. The van der Waals surface area contributed by atoms with Gasteiger partial charge in [0, 0.05) is 5.56 Å². The summed E-state index contributed by atoms with van der Waals surface area (Å²) >= 11 is 3.51. The van der Waals surface area contributed by atoms with Crippen molar-refractivity contribution in [2.75, 3.05) is 6.61 Å². The van der Waals surface area contributed by atoms with E-state index in [0.717, 1.165) is 20.8 Å². The number of nitrogens with one attached hydrogen (secondary N) is 2. The topological polar surface area (TPSA) is 67.4 Å². The number of fused-ring (bicyclic) bond motifs is 1. The van der Waals surface area contributed by atoms with E-state index >= 15 is 0 Å². The van der Waals surface area contributed by atoms with E-state index in [1.54, 1.807) is 18.2 Å². The summed E-state index contributed by atoms with van der Waals surface area (Å²) in [6.45, 7) is 3.95. The molecule has 6 heteroatoms. The van der Waals surface area contributed by atoms with Crippen LogP contribution in [0.2, 0.25) is 0 Å². The van der Waals surface area contributed by atoms with E-state index in [-0.39, 0.29) is 12.5 Å². The van der Waals surface area contributed by atoms with Crippen molar-refractivity contribution in [1.29, 1.82) is 0 Å². The molecule has 2 N–H and O–H groups in total. The molecule has 5 nitrogen and oxygen atoms in total. The minimum Gasteiger partial charge on any atom is -0.483 e. The molecule has 0 spiro atoms. The predicted molar refractivity (Wildman–Crippen MR) is 113 cm³/mol. The molecule has 0 aliphatic rings. The van der Waals surface area contributed by atoms with E-state index in [1.165, 1.54) is 0 Å². The first-order valence-electron chi connectivity index (χ1n) is 8.95. The van der Waals surface area contributed by atoms with Gasteiger partial charge in [0.1, 0.15) is 5.75 Å². The fourth-order valence-electron chi connectivity index (χ4n) is 2.72. The Morgan fingerprint density at radius 3 is 2.39 bits per heavy atom. The fraction of sp³-hybridized carbons (Fsp3) is 0.182. The summed E-state index contributed by atoms with van der Waals surface area (Å²) in [5.41, 5.74) is 6.39. The first-order valence-corrected chi connectivity index (χ1v) is 9.74. The van der Waals surface area contributed by atoms with E-state index < -0.39 is 5.91 Å². The van der Waals surface area contributed by atoms with Gasteiger partial charge in [-0.2, -0.15) is 0 Å². The van der Waals surface area contributed by atoms with Crippen molar-refractivity contribution in [2.24, 2.45) is 0 Å². The number of carbonyl (C=O) groups is 2. The van der Waals surface area contributed by atoms with Crippen LogP contribution in [0.15, 0.2) is 65.1 Å². The highest BCUT2D eigenvalue weighted by Crippen LogP contribution is 2.32. The van der Waals surface area contributed by atoms with Gasteiger partial charge in [-0.05, 0) is 56.4 Å². The van der Waals surface area contributed by atoms with Gasteiger partial charge in [-0.1, -0.05) is 56.3 Å². The molecule has 2 amide bonds. The summed E-state index contributed by atoms with van der Waals surface area (Å²) in [5.74, 6) is 0.121. The van der Waals surface area contributed by atoms with Gasteiger partial charge < -0.3 is 4.74 Å². The lowest BCUT2D eigenvalue weighted by Gasteiger charge is -2.11. The molecule has 0 atom stereocenters. The van der Waals surface area contributed by atoms with Gasteiger partial charge in [0.2, 0.25) is 0 Å². The maximum atomic E-state index is 12.1. The molecule has 0 saturated carbocycles. The Labute approximate surface area is 172 Å². The monoisotopic (exact) mass is 440 g/mol. The van der Waals surface area contributed by atoms with E-state index in [9.17, 15) is 9.59 Å². The minimum absolute atomic E-state index is 0.219. The zero-order valence-corrected chi connectivity index (χ0v) is 17.2. The smallest absolute Gasteiger partial charge is 0.276 e. The lowest BCUT2D eigenvalue weighted by molar-refractivity contribution is -0.123. The van der Waals surface area contributed by atoms with E-state index in [4.69, 9.17) is 4.74 Å². The zero-order valence-electron chi connectivity index (χ0n) is 15.7. The van der Waals surface area contributed by atoms with Gasteiger partial charge in [-0.3, -0.25) is 20.4 Å². The Morgan fingerprint density at radius 1 is 0.964 bits per heavy atom. The fourth-order valence-corrected chi connectivity index (χ4v) is 3.33. The van der Waals surface area contributed by atoms with Gasteiger partial charge in [-0.25, -0.2) is 0 Å². The average molecular weight is 441 g/mol. The first-order chi connectivity index (χ1) is 13.5. The number of hydrogen-bond acceptors (Lipinski definition) is 3. The summed E-state index contributed by atoms with van der Waals surface area (Å²) < 4.78 is 6.36. The van der Waals surface area contributed by atoms with Crippen LogP contribution in [0.4, 0.5) is 0 Å². The Morgan fingerprint density at radius 2 is 1.68 bits per heavy atom. The molecule has 28 heavy (non-hydrogen) atoms. The number of benzene rings is 3. The number of halogens is 1. The molecule has 3 aromatic rings. The van der Waals surface area contributed by atoms with Crippen molar-refractivity contribution in [3.63, 3.8) is 0 Å². The lowest BCUT2D eigenvalue weighted by Crippen LogP contribution is -2.43. The number of hydrogen-bond donors (Lipinski definition) is 2. The first kappa shape index (κ1) is 19.9. The standard InChI is InChI=1S/C22H21BrN2O3/c1-14(2)15-7-9-17(10-8-15)22(27)25-24-20(26)13-28-19-12-11-16-5-3-4-6-18(16)21(19)23/h3-12,14H,13H2,1-2H3,(H,24,26)(H,25,27). The predicted octanol–water partition coefficient (Wildman–Crippen LogP) is 4.57. The quantitative estimate of drug-likeness (QED) is 0.571. The van der Waals surface area contributed by atoms with Gasteiger partial charge >= 0.3 is 0 Å². The Balaban J connectivity index is 1.53. The molecule has 3 rings (SSSR count). The summed E-state index contributed by atoms with van der Waals surface area (Å²) in [5, 5.41) is 2.07. The van der Waals surface area contributed by atoms with Crippen molar-refractivity contribution in [3.8, 4) is 5.75 Å². The summed E-state index contributed by atoms with van der Waals surface area (Å²) in [6.07, 6.45) is 0. The Kier molecular flexibility index (Phi) is 6.31. The second-order valence-electron chi connectivity index (χ2n) is 6.67. The molecule has 0 aromatic heterocycles. The lowest BCUT2D eigenvalue weighted by atomic mass is 10.0. The highest BCUT2D eigenvalue weighted by Gasteiger charge is 2.11. The molecule has 0 saturated heterocycles. The third-order valence-electron chi connectivity index (χ3n) is 4.34. The van der Waals surface area contributed by atoms with E-state index in [2.05, 4.69) is 40.6 Å². The van der Waals surface area contributed by atoms with Crippen LogP contribution in [0.1, 0.15) is 35.7 Å². The van der Waals surface area contributed by atoms with Crippen molar-refractivity contribution >= 4 is 38.5 Å². The van der Waals surface area contributed by atoms with Crippen LogP contribution in [-0.2, 0) is 4.79 Å². The highest BCUT2D eigenvalue weighted by atomic mass is 79.9. The number of hydrazine groups is 1. The van der Waals surface area contributed by atoms with E-state index in [0.29, 0.717) is 17.2 Å². The molecular weight excluding hydrogens is 420 g/mol. The molecule has 0 aliphatic heterocycles. The molecule has 0 aliphatic carbocycles. The van der Waals surface area contributed by atoms with Crippen LogP contribution in [0.3, 0.4) is 0 Å². The second kappa shape index (κ2) is 8.89. The largest absolute Gasteiger partial charge is 0.483 e. The van der Waals surface area contributed by atoms with Gasteiger partial charge in [0.25, 0.3) is 11.8 Å². The minimum atomic E-state index is -0.452. The molecule has 3 aromatic carbocycles. The molecule has 0 fully saturated rings. The molecular formula is C22H21BrN2O3. The SMILES string of the molecule is CC(C)c1ccc(C(=O)NNC(=O)COc2ccc3ccccc3c2Br)cc1. The van der Waals surface area contributed by atoms with Gasteiger partial charge in [0.05, 0.1) is 4.47 Å². The third-order valence-corrected chi connectivity index (χ3v) is 5.16. The van der Waals surface area contributed by atoms with Crippen molar-refractivity contribution in [3.05, 3.63) is 76.3 Å². The van der Waals surface area contributed by atoms with E-state index in [1.807, 2.05) is 42.5 Å². The summed E-state index contributed by atoms with van der Waals surface area (Å²) in [4.78, 5) is 24.1.